The fourth-order valence-corrected chi connectivity index (χ4v) is 2.03. The van der Waals surface area contributed by atoms with Gasteiger partial charge in [-0.15, -0.1) is 0 Å². The topological polar surface area (TPSA) is 59.4 Å². The average molecular weight is 439 g/mol. The van der Waals surface area contributed by atoms with E-state index in [-0.39, 0.29) is 10.9 Å². The van der Waals surface area contributed by atoms with Crippen molar-refractivity contribution >= 4 is 48.1 Å². The fraction of sp³-hybridized carbons (Fsp3) is 0.0833. The number of nitrogens with one attached hydrogen (secondary N) is 1. The molecule has 9 heteroatoms. The summed E-state index contributed by atoms with van der Waals surface area (Å²) in [5.41, 5.74) is 1.52. The van der Waals surface area contributed by atoms with Gasteiger partial charge >= 0.3 is 0 Å². The average Bonchev–Trinajstić information content (AvgIpc) is 2.46. The van der Waals surface area contributed by atoms with E-state index in [1.54, 1.807) is 12.4 Å². The third kappa shape index (κ3) is 4.42. The predicted octanol–water partition coefficient (Wildman–Crippen LogP) is 4.29. The maximum Gasteiger partial charge on any atom is 0.256 e. The van der Waals surface area contributed by atoms with Gasteiger partial charge < -0.3 is 4.74 Å². The number of hydrogen-bond acceptors (Lipinski definition) is 6. The van der Waals surface area contributed by atoms with E-state index in [0.29, 0.717) is 5.75 Å². The molecule has 0 saturated carbocycles. The summed E-state index contributed by atoms with van der Waals surface area (Å²) in [6, 6.07) is 1.14. The van der Waals surface area contributed by atoms with Crippen LogP contribution in [0.25, 0.3) is 0 Å². The van der Waals surface area contributed by atoms with Crippen LogP contribution in [0.5, 0.6) is 11.6 Å². The Balaban J connectivity index is 2.26. The van der Waals surface area contributed by atoms with Gasteiger partial charge in [0.15, 0.2) is 11.6 Å². The monoisotopic (exact) mass is 438 g/mol. The molecule has 0 aliphatic rings. The third-order valence-corrected chi connectivity index (χ3v) is 3.45. The molecule has 2 rings (SSSR count). The molecule has 0 spiro atoms. The van der Waals surface area contributed by atoms with Crippen LogP contribution in [0.4, 0.5) is 4.39 Å². The second-order valence-electron chi connectivity index (χ2n) is 3.82. The van der Waals surface area contributed by atoms with Gasteiger partial charge in [0.25, 0.3) is 5.88 Å². The molecule has 1 N–H and O–H groups in total. The Morgan fingerprint density at radius 1 is 1.48 bits per heavy atom. The zero-order chi connectivity index (χ0) is 15.2. The van der Waals surface area contributed by atoms with Crippen LogP contribution in [0.1, 0.15) is 11.1 Å². The van der Waals surface area contributed by atoms with E-state index in [4.69, 9.17) is 16.3 Å². The van der Waals surface area contributed by atoms with Crippen molar-refractivity contribution in [2.45, 2.75) is 6.92 Å². The number of aromatic nitrogens is 2. The molecule has 0 aliphatic carbocycles. The van der Waals surface area contributed by atoms with Crippen molar-refractivity contribution < 1.29 is 9.13 Å². The largest absolute Gasteiger partial charge is 0.435 e. The summed E-state index contributed by atoms with van der Waals surface area (Å²) in [6.45, 7) is 1.82. The lowest BCUT2D eigenvalue weighted by Crippen LogP contribution is -1.99. The number of ether oxygens (including phenoxy) is 1. The van der Waals surface area contributed by atoms with Crippen LogP contribution in [0.3, 0.4) is 0 Å². The van der Waals surface area contributed by atoms with E-state index in [1.807, 2.05) is 6.92 Å². The van der Waals surface area contributed by atoms with Crippen molar-refractivity contribution in [1.82, 2.24) is 14.8 Å². The molecule has 0 fully saturated rings. The molecule has 0 aliphatic heterocycles. The van der Waals surface area contributed by atoms with Crippen LogP contribution in [0.2, 0.25) is 5.02 Å². The summed E-state index contributed by atoms with van der Waals surface area (Å²) < 4.78 is 19.1. The maximum absolute atomic E-state index is 13.7. The summed E-state index contributed by atoms with van der Waals surface area (Å²) in [4.78, 5) is 10.6. The second-order valence-corrected chi connectivity index (χ2v) is 5.92. The molecule has 5 nitrogen and oxygen atoms in total. The van der Waals surface area contributed by atoms with Gasteiger partial charge in [0.05, 0.1) is 17.4 Å². The van der Waals surface area contributed by atoms with Crippen LogP contribution < -0.4 is 9.57 Å². The highest BCUT2D eigenvalue weighted by Gasteiger charge is 2.11. The van der Waals surface area contributed by atoms with Crippen molar-refractivity contribution in [3.63, 3.8) is 0 Å². The lowest BCUT2D eigenvalue weighted by atomic mass is 10.1. The molecule has 21 heavy (non-hydrogen) atoms. The number of hydrogen-bond donors (Lipinski definition) is 1. The molecule has 0 bridgehead atoms. The van der Waals surface area contributed by atoms with E-state index in [0.717, 1.165) is 17.2 Å². The number of hydrazone groups is 1. The second kappa shape index (κ2) is 7.76. The summed E-state index contributed by atoms with van der Waals surface area (Å²) in [5.74, 6) is -0.391. The predicted molar refractivity (Wildman–Crippen MR) is 90.6 cm³/mol. The normalized spacial score (nSPS) is 10.9. The first kappa shape index (κ1) is 16.2. The highest BCUT2D eigenvalue weighted by molar-refractivity contribution is 14.2. The first-order valence-electron chi connectivity index (χ1n) is 5.61. The fourth-order valence-electron chi connectivity index (χ4n) is 1.45. The molecule has 2 heterocycles. The Bertz CT molecular complexity index is 674. The van der Waals surface area contributed by atoms with Crippen molar-refractivity contribution in [2.24, 2.45) is 5.10 Å². The molecule has 0 radical (unpaired) electrons. The van der Waals surface area contributed by atoms with Gasteiger partial charge in [0, 0.05) is 53.8 Å². The lowest BCUT2D eigenvalue weighted by Gasteiger charge is -2.09. The minimum atomic E-state index is -0.635. The van der Waals surface area contributed by atoms with Gasteiger partial charge in [-0.05, 0) is 13.0 Å². The molecular formula is C12H9ClFIN4OS. The number of nitrogens with zero attached hydrogens (tertiary/aromatic N) is 3. The van der Waals surface area contributed by atoms with Crippen LogP contribution in [0.15, 0.2) is 29.8 Å². The molecule has 0 aromatic carbocycles. The standard InChI is InChI=1S/C12H9ClFIN4OS/c1-7-8(4-18-19-21-15)3-16-6-11(7)20-12-10(14)2-9(13)5-17-12/h2-6,19H,1H3/b18-4+. The van der Waals surface area contributed by atoms with Crippen LogP contribution >= 0.6 is 41.9 Å². The molecule has 110 valence electrons. The van der Waals surface area contributed by atoms with Gasteiger partial charge in [0.2, 0.25) is 0 Å². The first-order valence-corrected chi connectivity index (χ1v) is 9.34. The van der Waals surface area contributed by atoms with Crippen molar-refractivity contribution in [1.29, 1.82) is 0 Å². The Hall–Kier alpha value is -1.13. The number of halogens is 3. The van der Waals surface area contributed by atoms with Crippen molar-refractivity contribution in [3.05, 3.63) is 46.6 Å². The molecule has 0 amide bonds. The summed E-state index contributed by atoms with van der Waals surface area (Å²) in [7, 11) is 1.34. The number of rotatable bonds is 5. The van der Waals surface area contributed by atoms with E-state index < -0.39 is 5.82 Å². The van der Waals surface area contributed by atoms with Gasteiger partial charge in [-0.25, -0.2) is 14.2 Å². The van der Waals surface area contributed by atoms with E-state index in [1.165, 1.54) is 21.5 Å². The first-order chi connectivity index (χ1) is 10.1. The minimum absolute atomic E-state index is 0.153. The minimum Gasteiger partial charge on any atom is -0.435 e. The van der Waals surface area contributed by atoms with Crippen LogP contribution in [-0.2, 0) is 0 Å². The molecular weight excluding hydrogens is 430 g/mol. The van der Waals surface area contributed by atoms with Gasteiger partial charge in [-0.3, -0.25) is 4.98 Å². The molecule has 0 atom stereocenters. The highest BCUT2D eigenvalue weighted by atomic mass is 127. The van der Waals surface area contributed by atoms with Crippen molar-refractivity contribution in [3.8, 4) is 11.6 Å². The molecule has 0 unspecified atom stereocenters. The van der Waals surface area contributed by atoms with E-state index in [9.17, 15) is 4.39 Å². The van der Waals surface area contributed by atoms with E-state index >= 15 is 0 Å². The quantitative estimate of drug-likeness (QED) is 0.327. The maximum atomic E-state index is 13.7. The summed E-state index contributed by atoms with van der Waals surface area (Å²) >= 11 is 7.71. The summed E-state index contributed by atoms with van der Waals surface area (Å²) in [6.07, 6.45) is 6.04. The molecule has 2 aromatic heterocycles. The Labute approximate surface area is 142 Å². The third-order valence-electron chi connectivity index (χ3n) is 2.48. The Morgan fingerprint density at radius 2 is 2.29 bits per heavy atom. The van der Waals surface area contributed by atoms with Crippen LogP contribution in [-0.4, -0.2) is 16.2 Å². The zero-order valence-corrected chi connectivity index (χ0v) is 14.4. The van der Waals surface area contributed by atoms with Crippen molar-refractivity contribution in [2.75, 3.05) is 0 Å². The van der Waals surface area contributed by atoms with E-state index in [2.05, 4.69) is 41.1 Å². The zero-order valence-electron chi connectivity index (χ0n) is 10.7. The Morgan fingerprint density at radius 3 is 3.00 bits per heavy atom. The van der Waals surface area contributed by atoms with Gasteiger partial charge in [-0.2, -0.15) is 5.10 Å². The molecule has 0 saturated heterocycles. The van der Waals surface area contributed by atoms with Gasteiger partial charge in [-0.1, -0.05) is 11.6 Å². The highest BCUT2D eigenvalue weighted by Crippen LogP contribution is 2.27. The van der Waals surface area contributed by atoms with Gasteiger partial charge in [0.1, 0.15) is 0 Å². The number of pyridine rings is 2. The lowest BCUT2D eigenvalue weighted by molar-refractivity contribution is 0.418. The molecule has 2 aromatic rings. The Kier molecular flexibility index (Phi) is 6.00. The summed E-state index contributed by atoms with van der Waals surface area (Å²) in [5, 5.41) is 4.18. The van der Waals surface area contributed by atoms with Crippen LogP contribution in [0, 0.1) is 12.7 Å². The SMILES string of the molecule is Cc1c(/C=N/NSI)cncc1Oc1ncc(Cl)cc1F. The smallest absolute Gasteiger partial charge is 0.256 e.